The maximum Gasteiger partial charge on any atom is 0.161 e. The van der Waals surface area contributed by atoms with Crippen molar-refractivity contribution in [2.75, 3.05) is 32.8 Å². The fraction of sp³-hybridized carbons (Fsp3) is 0.625. The van der Waals surface area contributed by atoms with Gasteiger partial charge in [0.15, 0.2) is 11.5 Å². The number of halogens is 1. The van der Waals surface area contributed by atoms with Crippen molar-refractivity contribution in [2.24, 2.45) is 0 Å². The Hall–Kier alpha value is -0.970. The molecule has 0 unspecified atom stereocenters. The molecule has 0 aliphatic carbocycles. The summed E-state index contributed by atoms with van der Waals surface area (Å²) in [7, 11) is 0. The summed E-state index contributed by atoms with van der Waals surface area (Å²) in [4.78, 5) is 2.48. The highest BCUT2D eigenvalue weighted by Crippen LogP contribution is 2.29. The summed E-state index contributed by atoms with van der Waals surface area (Å²) in [6, 6.07) is 6.84. The topological polar surface area (TPSA) is 33.7 Å². The molecular formula is C16H27ClN2O2. The number of benzene rings is 1. The molecule has 21 heavy (non-hydrogen) atoms. The van der Waals surface area contributed by atoms with Gasteiger partial charge in [0.2, 0.25) is 0 Å². The van der Waals surface area contributed by atoms with Crippen LogP contribution in [-0.2, 0) is 6.54 Å². The third-order valence-corrected chi connectivity index (χ3v) is 3.47. The molecule has 0 saturated carbocycles. The normalized spacial score (nSPS) is 18.9. The van der Waals surface area contributed by atoms with Crippen molar-refractivity contribution in [3.8, 4) is 11.5 Å². The van der Waals surface area contributed by atoms with E-state index in [0.717, 1.165) is 37.7 Å². The van der Waals surface area contributed by atoms with Gasteiger partial charge in [0.05, 0.1) is 13.2 Å². The molecule has 0 radical (unpaired) electrons. The molecule has 1 saturated heterocycles. The Labute approximate surface area is 134 Å². The van der Waals surface area contributed by atoms with Gasteiger partial charge in [-0.25, -0.2) is 0 Å². The number of ether oxygens (including phenoxy) is 2. The van der Waals surface area contributed by atoms with Gasteiger partial charge in [0.25, 0.3) is 0 Å². The summed E-state index contributed by atoms with van der Waals surface area (Å²) in [6.45, 7) is 11.8. The molecule has 1 aromatic carbocycles. The van der Waals surface area contributed by atoms with E-state index in [1.54, 1.807) is 0 Å². The van der Waals surface area contributed by atoms with Gasteiger partial charge in [-0.3, -0.25) is 4.90 Å². The summed E-state index contributed by atoms with van der Waals surface area (Å²) >= 11 is 0. The average molecular weight is 315 g/mol. The first-order chi connectivity index (χ1) is 9.72. The molecule has 2 rings (SSSR count). The zero-order chi connectivity index (χ0) is 14.4. The first-order valence-electron chi connectivity index (χ1n) is 7.57. The fourth-order valence-corrected chi connectivity index (χ4v) is 2.61. The Kier molecular flexibility index (Phi) is 7.86. The molecule has 1 aliphatic rings. The second-order valence-electron chi connectivity index (χ2n) is 5.24. The third-order valence-electron chi connectivity index (χ3n) is 3.47. The van der Waals surface area contributed by atoms with Crippen LogP contribution >= 0.6 is 12.4 Å². The van der Waals surface area contributed by atoms with E-state index in [0.29, 0.717) is 19.3 Å². The van der Waals surface area contributed by atoms with E-state index in [9.17, 15) is 0 Å². The second-order valence-corrected chi connectivity index (χ2v) is 5.24. The van der Waals surface area contributed by atoms with Gasteiger partial charge in [-0.2, -0.15) is 0 Å². The number of nitrogens with one attached hydrogen (secondary N) is 1. The van der Waals surface area contributed by atoms with Crippen molar-refractivity contribution in [1.82, 2.24) is 10.2 Å². The van der Waals surface area contributed by atoms with E-state index in [-0.39, 0.29) is 12.4 Å². The van der Waals surface area contributed by atoms with E-state index in [2.05, 4.69) is 29.3 Å². The minimum absolute atomic E-state index is 0. The summed E-state index contributed by atoms with van der Waals surface area (Å²) in [5, 5.41) is 3.47. The van der Waals surface area contributed by atoms with Crippen LogP contribution in [0, 0.1) is 0 Å². The molecule has 0 aromatic heterocycles. The third kappa shape index (κ3) is 5.38. The predicted octanol–water partition coefficient (Wildman–Crippen LogP) is 2.70. The van der Waals surface area contributed by atoms with E-state index in [1.165, 1.54) is 5.56 Å². The first-order valence-corrected chi connectivity index (χ1v) is 7.57. The lowest BCUT2D eigenvalue weighted by molar-refractivity contribution is 0.199. The van der Waals surface area contributed by atoms with Crippen LogP contribution < -0.4 is 14.8 Å². The largest absolute Gasteiger partial charge is 0.490 e. The SMILES string of the molecule is CCOc1ccc(CN2CCN[C@@H](C)C2)cc1OCC.Cl. The smallest absolute Gasteiger partial charge is 0.161 e. The first kappa shape index (κ1) is 18.1. The lowest BCUT2D eigenvalue weighted by atomic mass is 10.1. The molecule has 1 aromatic rings. The highest BCUT2D eigenvalue weighted by Gasteiger charge is 2.16. The van der Waals surface area contributed by atoms with E-state index >= 15 is 0 Å². The molecule has 1 atom stereocenters. The monoisotopic (exact) mass is 314 g/mol. The Bertz CT molecular complexity index is 429. The summed E-state index contributed by atoms with van der Waals surface area (Å²) in [5.74, 6) is 1.70. The van der Waals surface area contributed by atoms with Crippen LogP contribution in [0.2, 0.25) is 0 Å². The van der Waals surface area contributed by atoms with Crippen molar-refractivity contribution in [1.29, 1.82) is 0 Å². The lowest BCUT2D eigenvalue weighted by Crippen LogP contribution is -2.48. The summed E-state index contributed by atoms with van der Waals surface area (Å²) in [6.07, 6.45) is 0. The van der Waals surface area contributed by atoms with Gasteiger partial charge in [-0.05, 0) is 38.5 Å². The van der Waals surface area contributed by atoms with Crippen molar-refractivity contribution in [2.45, 2.75) is 33.4 Å². The van der Waals surface area contributed by atoms with Crippen LogP contribution in [-0.4, -0.2) is 43.8 Å². The standard InChI is InChI=1S/C16H26N2O2.ClH/c1-4-19-15-7-6-14(10-16(15)20-5-2)12-18-9-8-17-13(3)11-18;/h6-7,10,13,17H,4-5,8-9,11-12H2,1-3H3;1H/t13-;/m0./s1. The van der Waals surface area contributed by atoms with Crippen LogP contribution in [0.25, 0.3) is 0 Å². The van der Waals surface area contributed by atoms with Crippen molar-refractivity contribution in [3.05, 3.63) is 23.8 Å². The number of hydrogen-bond acceptors (Lipinski definition) is 4. The number of hydrogen-bond donors (Lipinski definition) is 1. The van der Waals surface area contributed by atoms with Crippen LogP contribution in [0.15, 0.2) is 18.2 Å². The average Bonchev–Trinajstić information content (AvgIpc) is 2.42. The quantitative estimate of drug-likeness (QED) is 0.875. The van der Waals surface area contributed by atoms with Gasteiger partial charge in [0, 0.05) is 32.2 Å². The number of rotatable bonds is 6. The van der Waals surface area contributed by atoms with E-state index in [4.69, 9.17) is 9.47 Å². The highest BCUT2D eigenvalue weighted by molar-refractivity contribution is 5.85. The van der Waals surface area contributed by atoms with E-state index < -0.39 is 0 Å². The zero-order valence-corrected chi connectivity index (χ0v) is 14.0. The maximum atomic E-state index is 5.68. The molecule has 1 heterocycles. The molecule has 5 heteroatoms. The Morgan fingerprint density at radius 1 is 1.19 bits per heavy atom. The van der Waals surface area contributed by atoms with Gasteiger partial charge in [-0.15, -0.1) is 12.4 Å². The van der Waals surface area contributed by atoms with Crippen LogP contribution in [0.4, 0.5) is 0 Å². The van der Waals surface area contributed by atoms with Crippen molar-refractivity contribution < 1.29 is 9.47 Å². The fourth-order valence-electron chi connectivity index (χ4n) is 2.61. The van der Waals surface area contributed by atoms with Crippen molar-refractivity contribution in [3.63, 3.8) is 0 Å². The summed E-state index contributed by atoms with van der Waals surface area (Å²) < 4.78 is 11.3. The van der Waals surface area contributed by atoms with Crippen molar-refractivity contribution >= 4 is 12.4 Å². The lowest BCUT2D eigenvalue weighted by Gasteiger charge is -2.31. The molecule has 1 N–H and O–H groups in total. The predicted molar refractivity (Wildman–Crippen MR) is 88.8 cm³/mol. The Morgan fingerprint density at radius 2 is 1.90 bits per heavy atom. The maximum absolute atomic E-state index is 5.68. The molecule has 1 aliphatic heterocycles. The number of piperazine rings is 1. The minimum Gasteiger partial charge on any atom is -0.490 e. The zero-order valence-electron chi connectivity index (χ0n) is 13.2. The minimum atomic E-state index is 0. The molecule has 1 fully saturated rings. The molecule has 0 bridgehead atoms. The molecule has 4 nitrogen and oxygen atoms in total. The van der Waals surface area contributed by atoms with Crippen LogP contribution in [0.1, 0.15) is 26.3 Å². The molecule has 0 spiro atoms. The van der Waals surface area contributed by atoms with Gasteiger partial charge < -0.3 is 14.8 Å². The van der Waals surface area contributed by atoms with Gasteiger partial charge in [0.1, 0.15) is 0 Å². The number of nitrogens with zero attached hydrogens (tertiary/aromatic N) is 1. The van der Waals surface area contributed by atoms with Gasteiger partial charge >= 0.3 is 0 Å². The Morgan fingerprint density at radius 3 is 2.57 bits per heavy atom. The second kappa shape index (κ2) is 9.13. The van der Waals surface area contributed by atoms with Gasteiger partial charge in [-0.1, -0.05) is 6.07 Å². The molecule has 120 valence electrons. The van der Waals surface area contributed by atoms with Crippen LogP contribution in [0.3, 0.4) is 0 Å². The van der Waals surface area contributed by atoms with Crippen LogP contribution in [0.5, 0.6) is 11.5 Å². The Balaban J connectivity index is 0.00000220. The molecule has 0 amide bonds. The highest BCUT2D eigenvalue weighted by atomic mass is 35.5. The molecular weight excluding hydrogens is 288 g/mol. The summed E-state index contributed by atoms with van der Waals surface area (Å²) in [5.41, 5.74) is 1.28. The van der Waals surface area contributed by atoms with E-state index in [1.807, 2.05) is 19.9 Å².